The highest BCUT2D eigenvalue weighted by atomic mass is 16.2. The Morgan fingerprint density at radius 3 is 2.24 bits per heavy atom. The zero-order valence-corrected chi connectivity index (χ0v) is 13.2. The fourth-order valence-electron chi connectivity index (χ4n) is 1.83. The summed E-state index contributed by atoms with van der Waals surface area (Å²) in [4.78, 5) is 23.0. The molecule has 0 spiro atoms. The number of hydrogen-bond donors (Lipinski definition) is 3. The molecule has 0 aliphatic heterocycles. The first-order valence-corrected chi connectivity index (χ1v) is 7.14. The van der Waals surface area contributed by atoms with E-state index in [4.69, 9.17) is 0 Å². The van der Waals surface area contributed by atoms with Crippen LogP contribution < -0.4 is 16.0 Å². The van der Waals surface area contributed by atoms with Crippen molar-refractivity contribution in [3.63, 3.8) is 0 Å². The SMILES string of the molecule is CNC(=O)c1ccc(CNCCC(=O)NC(C)(C)C)cc1. The van der Waals surface area contributed by atoms with Gasteiger partial charge in [0.25, 0.3) is 5.91 Å². The summed E-state index contributed by atoms with van der Waals surface area (Å²) in [6, 6.07) is 7.41. The van der Waals surface area contributed by atoms with Crippen LogP contribution in [0.25, 0.3) is 0 Å². The maximum atomic E-state index is 11.6. The molecule has 1 aromatic rings. The van der Waals surface area contributed by atoms with Crippen molar-refractivity contribution >= 4 is 11.8 Å². The molecule has 5 heteroatoms. The summed E-state index contributed by atoms with van der Waals surface area (Å²) in [5.41, 5.74) is 1.54. The van der Waals surface area contributed by atoms with Crippen LogP contribution in [-0.4, -0.2) is 30.9 Å². The lowest BCUT2D eigenvalue weighted by Crippen LogP contribution is -2.41. The zero-order chi connectivity index (χ0) is 15.9. The van der Waals surface area contributed by atoms with Gasteiger partial charge >= 0.3 is 0 Å². The van der Waals surface area contributed by atoms with Crippen molar-refractivity contribution in [2.24, 2.45) is 0 Å². The highest BCUT2D eigenvalue weighted by molar-refractivity contribution is 5.93. The van der Waals surface area contributed by atoms with E-state index in [2.05, 4.69) is 16.0 Å². The normalized spacial score (nSPS) is 11.0. The quantitative estimate of drug-likeness (QED) is 0.695. The zero-order valence-electron chi connectivity index (χ0n) is 13.2. The van der Waals surface area contributed by atoms with E-state index < -0.39 is 0 Å². The summed E-state index contributed by atoms with van der Waals surface area (Å²) in [6.07, 6.45) is 0.452. The molecule has 0 fully saturated rings. The monoisotopic (exact) mass is 291 g/mol. The van der Waals surface area contributed by atoms with Crippen LogP contribution in [0.1, 0.15) is 43.1 Å². The highest BCUT2D eigenvalue weighted by Crippen LogP contribution is 2.04. The molecule has 0 atom stereocenters. The van der Waals surface area contributed by atoms with E-state index in [1.54, 1.807) is 19.2 Å². The molecule has 2 amide bonds. The van der Waals surface area contributed by atoms with Gasteiger partial charge < -0.3 is 16.0 Å². The van der Waals surface area contributed by atoms with Crippen molar-refractivity contribution in [1.82, 2.24) is 16.0 Å². The first kappa shape index (κ1) is 17.2. The number of nitrogens with one attached hydrogen (secondary N) is 3. The number of carbonyl (C=O) groups is 2. The molecule has 5 nitrogen and oxygen atoms in total. The molecule has 1 aromatic carbocycles. The van der Waals surface area contributed by atoms with E-state index in [-0.39, 0.29) is 17.4 Å². The van der Waals surface area contributed by atoms with Crippen molar-refractivity contribution in [3.8, 4) is 0 Å². The third-order valence-electron chi connectivity index (χ3n) is 2.82. The van der Waals surface area contributed by atoms with Crippen LogP contribution in [0, 0.1) is 0 Å². The minimum atomic E-state index is -0.188. The average molecular weight is 291 g/mol. The molecule has 0 aliphatic rings. The van der Waals surface area contributed by atoms with Crippen molar-refractivity contribution in [3.05, 3.63) is 35.4 Å². The smallest absolute Gasteiger partial charge is 0.251 e. The highest BCUT2D eigenvalue weighted by Gasteiger charge is 2.12. The second-order valence-electron chi connectivity index (χ2n) is 6.00. The molecular formula is C16H25N3O2. The number of benzene rings is 1. The van der Waals surface area contributed by atoms with Crippen molar-refractivity contribution < 1.29 is 9.59 Å². The molecule has 0 unspecified atom stereocenters. The summed E-state index contributed by atoms with van der Waals surface area (Å²) < 4.78 is 0. The Hall–Kier alpha value is -1.88. The van der Waals surface area contributed by atoms with Crippen LogP contribution in [0.5, 0.6) is 0 Å². The molecule has 0 saturated heterocycles. The third kappa shape index (κ3) is 6.90. The minimum Gasteiger partial charge on any atom is -0.355 e. The van der Waals surface area contributed by atoms with Gasteiger partial charge in [-0.15, -0.1) is 0 Å². The summed E-state index contributed by atoms with van der Waals surface area (Å²) in [5.74, 6) is -0.0432. The fourth-order valence-corrected chi connectivity index (χ4v) is 1.83. The van der Waals surface area contributed by atoms with Gasteiger partial charge in [-0.05, 0) is 38.5 Å². The number of hydrogen-bond acceptors (Lipinski definition) is 3. The Kier molecular flexibility index (Phi) is 6.37. The average Bonchev–Trinajstić information content (AvgIpc) is 2.41. The molecule has 0 bridgehead atoms. The van der Waals surface area contributed by atoms with Crippen molar-refractivity contribution in [2.45, 2.75) is 39.3 Å². The molecule has 0 heterocycles. The second-order valence-corrected chi connectivity index (χ2v) is 6.00. The van der Waals surface area contributed by atoms with E-state index >= 15 is 0 Å². The summed E-state index contributed by atoms with van der Waals surface area (Å²) in [7, 11) is 1.61. The molecule has 21 heavy (non-hydrogen) atoms. The van der Waals surface area contributed by atoms with Gasteiger partial charge in [0.1, 0.15) is 0 Å². The van der Waals surface area contributed by atoms with E-state index in [1.165, 1.54) is 0 Å². The van der Waals surface area contributed by atoms with Gasteiger partial charge in [0.2, 0.25) is 5.91 Å². The Morgan fingerprint density at radius 2 is 1.71 bits per heavy atom. The van der Waals surface area contributed by atoms with Crippen LogP contribution in [-0.2, 0) is 11.3 Å². The van der Waals surface area contributed by atoms with Crippen LogP contribution >= 0.6 is 0 Å². The largest absolute Gasteiger partial charge is 0.355 e. The van der Waals surface area contributed by atoms with Gasteiger partial charge in [0.05, 0.1) is 0 Å². The predicted molar refractivity (Wildman–Crippen MR) is 84.1 cm³/mol. The second kappa shape index (κ2) is 7.78. The summed E-state index contributed by atoms with van der Waals surface area (Å²) in [6.45, 7) is 7.20. The summed E-state index contributed by atoms with van der Waals surface area (Å²) in [5, 5.41) is 8.73. The third-order valence-corrected chi connectivity index (χ3v) is 2.82. The van der Waals surface area contributed by atoms with Crippen LogP contribution in [0.15, 0.2) is 24.3 Å². The van der Waals surface area contributed by atoms with E-state index in [9.17, 15) is 9.59 Å². The molecule has 0 aliphatic carbocycles. The molecule has 3 N–H and O–H groups in total. The van der Waals surface area contributed by atoms with Crippen LogP contribution in [0.2, 0.25) is 0 Å². The van der Waals surface area contributed by atoms with Crippen LogP contribution in [0.3, 0.4) is 0 Å². The lowest BCUT2D eigenvalue weighted by Gasteiger charge is -2.20. The summed E-state index contributed by atoms with van der Waals surface area (Å²) >= 11 is 0. The molecular weight excluding hydrogens is 266 g/mol. The standard InChI is InChI=1S/C16H25N3O2/c1-16(2,3)19-14(20)9-10-18-11-12-5-7-13(8-6-12)15(21)17-4/h5-8,18H,9-11H2,1-4H3,(H,17,21)(H,19,20). The van der Waals surface area contributed by atoms with Gasteiger partial charge in [-0.2, -0.15) is 0 Å². The van der Waals surface area contributed by atoms with Gasteiger partial charge in [0.15, 0.2) is 0 Å². The molecule has 0 aromatic heterocycles. The lowest BCUT2D eigenvalue weighted by molar-refractivity contribution is -0.122. The molecule has 116 valence electrons. The van der Waals surface area contributed by atoms with Gasteiger partial charge in [-0.3, -0.25) is 9.59 Å². The lowest BCUT2D eigenvalue weighted by atomic mass is 10.1. The fraction of sp³-hybridized carbons (Fsp3) is 0.500. The van der Waals surface area contributed by atoms with Gasteiger partial charge in [0, 0.05) is 37.7 Å². The topological polar surface area (TPSA) is 70.2 Å². The molecule has 0 radical (unpaired) electrons. The Labute approximate surface area is 126 Å². The number of amides is 2. The van der Waals surface area contributed by atoms with E-state index in [0.29, 0.717) is 25.1 Å². The van der Waals surface area contributed by atoms with Gasteiger partial charge in [-0.1, -0.05) is 12.1 Å². The Morgan fingerprint density at radius 1 is 1.10 bits per heavy atom. The Balaban J connectivity index is 2.30. The first-order valence-electron chi connectivity index (χ1n) is 7.14. The van der Waals surface area contributed by atoms with Gasteiger partial charge in [-0.25, -0.2) is 0 Å². The molecule has 1 rings (SSSR count). The van der Waals surface area contributed by atoms with Crippen LogP contribution in [0.4, 0.5) is 0 Å². The van der Waals surface area contributed by atoms with Crippen molar-refractivity contribution in [2.75, 3.05) is 13.6 Å². The number of carbonyl (C=O) groups excluding carboxylic acids is 2. The Bertz CT molecular complexity index is 475. The first-order chi connectivity index (χ1) is 9.81. The predicted octanol–water partition coefficient (Wildman–Crippen LogP) is 1.44. The maximum absolute atomic E-state index is 11.6. The van der Waals surface area contributed by atoms with E-state index in [1.807, 2.05) is 32.9 Å². The number of rotatable bonds is 6. The van der Waals surface area contributed by atoms with E-state index in [0.717, 1.165) is 5.56 Å². The maximum Gasteiger partial charge on any atom is 0.251 e. The van der Waals surface area contributed by atoms with Crippen molar-refractivity contribution in [1.29, 1.82) is 0 Å². The molecule has 0 saturated carbocycles. The minimum absolute atomic E-state index is 0.0463.